The fourth-order valence-corrected chi connectivity index (χ4v) is 3.83. The summed E-state index contributed by atoms with van der Waals surface area (Å²) in [5.41, 5.74) is 2.64. The number of halogens is 1. The number of carbonyl (C=O) groups excluding carboxylic acids is 1. The van der Waals surface area contributed by atoms with Crippen molar-refractivity contribution in [3.63, 3.8) is 0 Å². The summed E-state index contributed by atoms with van der Waals surface area (Å²) in [6.45, 7) is 4.19. The molecular weight excluding hydrogens is 397 g/mol. The van der Waals surface area contributed by atoms with Crippen molar-refractivity contribution in [2.24, 2.45) is 0 Å². The number of hydrogen-bond donors (Lipinski definition) is 0. The van der Waals surface area contributed by atoms with Crippen molar-refractivity contribution in [2.75, 3.05) is 7.05 Å². The molecule has 7 nitrogen and oxygen atoms in total. The van der Waals surface area contributed by atoms with E-state index in [1.165, 1.54) is 16.8 Å². The maximum atomic E-state index is 13.5. The lowest BCUT2D eigenvalue weighted by molar-refractivity contribution is -0.134. The molecule has 0 saturated carbocycles. The number of furan rings is 1. The largest absolute Gasteiger partial charge is 0.461 e. The summed E-state index contributed by atoms with van der Waals surface area (Å²) in [6, 6.07) is 13.3. The molecule has 4 aromatic rings. The lowest BCUT2D eigenvalue weighted by atomic mass is 10.0. The fourth-order valence-electron chi connectivity index (χ4n) is 3.83. The molecule has 2 aromatic carbocycles. The van der Waals surface area contributed by atoms with Crippen LogP contribution < -0.4 is 0 Å². The van der Waals surface area contributed by atoms with Crippen LogP contribution in [-0.2, 0) is 24.2 Å². The van der Waals surface area contributed by atoms with Crippen LogP contribution in [0.4, 0.5) is 4.39 Å². The number of tetrazole rings is 1. The highest BCUT2D eigenvalue weighted by atomic mass is 19.1. The Kier molecular flexibility index (Phi) is 5.79. The Morgan fingerprint density at radius 1 is 1.19 bits per heavy atom. The zero-order valence-electron chi connectivity index (χ0n) is 17.7. The minimum absolute atomic E-state index is 0.132. The molecule has 0 spiro atoms. The van der Waals surface area contributed by atoms with Gasteiger partial charge in [-0.3, -0.25) is 4.79 Å². The van der Waals surface area contributed by atoms with E-state index in [1.807, 2.05) is 31.2 Å². The number of aromatic nitrogens is 4. The van der Waals surface area contributed by atoms with Gasteiger partial charge in [-0.15, -0.1) is 5.10 Å². The quantitative estimate of drug-likeness (QED) is 0.453. The molecule has 0 saturated heterocycles. The van der Waals surface area contributed by atoms with Crippen molar-refractivity contribution in [2.45, 2.75) is 39.3 Å². The van der Waals surface area contributed by atoms with Crippen molar-refractivity contribution in [3.8, 4) is 0 Å². The van der Waals surface area contributed by atoms with Crippen molar-refractivity contribution < 1.29 is 13.6 Å². The van der Waals surface area contributed by atoms with Crippen LogP contribution in [0.15, 0.2) is 52.9 Å². The number of likely N-dealkylation sites (N-methyl/N-ethyl adjacent to an activating group) is 1. The molecule has 1 atom stereocenters. The Balaban J connectivity index is 1.64. The maximum absolute atomic E-state index is 13.5. The first-order valence-corrected chi connectivity index (χ1v) is 10.2. The Morgan fingerprint density at radius 3 is 2.61 bits per heavy atom. The van der Waals surface area contributed by atoms with Crippen LogP contribution in [0.2, 0.25) is 0 Å². The zero-order chi connectivity index (χ0) is 22.0. The van der Waals surface area contributed by atoms with E-state index < -0.39 is 6.04 Å². The Labute approximate surface area is 179 Å². The van der Waals surface area contributed by atoms with Crippen molar-refractivity contribution in [3.05, 3.63) is 77.1 Å². The number of hydrogen-bond acceptors (Lipinski definition) is 5. The molecule has 0 fully saturated rings. The van der Waals surface area contributed by atoms with Crippen LogP contribution in [0.3, 0.4) is 0 Å². The van der Waals surface area contributed by atoms with Crippen LogP contribution in [0.25, 0.3) is 11.0 Å². The molecule has 0 aliphatic heterocycles. The second-order valence-electron chi connectivity index (χ2n) is 7.56. The number of nitrogens with zero attached hydrogens (tertiary/aromatic N) is 5. The monoisotopic (exact) mass is 421 g/mol. The number of carbonyl (C=O) groups is 1. The molecule has 2 heterocycles. The Bertz CT molecular complexity index is 1200. The SMILES string of the molecule is CCc1oc2ccccc2c1CN(C)C(=O)C(Cc1ccc(F)cc1)n1nnnc1C. The summed E-state index contributed by atoms with van der Waals surface area (Å²) in [5, 5.41) is 12.7. The Morgan fingerprint density at radius 2 is 1.94 bits per heavy atom. The third-order valence-electron chi connectivity index (χ3n) is 5.45. The number of aryl methyl sites for hydroxylation is 2. The number of rotatable bonds is 7. The number of fused-ring (bicyclic) bond motifs is 1. The highest BCUT2D eigenvalue weighted by molar-refractivity contribution is 5.84. The van der Waals surface area contributed by atoms with E-state index in [1.54, 1.807) is 31.0 Å². The molecular formula is C23H24FN5O2. The van der Waals surface area contributed by atoms with E-state index in [9.17, 15) is 9.18 Å². The predicted molar refractivity (Wildman–Crippen MR) is 114 cm³/mol. The normalized spacial score (nSPS) is 12.3. The zero-order valence-corrected chi connectivity index (χ0v) is 17.7. The predicted octanol–water partition coefficient (Wildman–Crippen LogP) is 3.87. The minimum atomic E-state index is -0.645. The first kappa shape index (κ1) is 20.7. The van der Waals surface area contributed by atoms with Crippen molar-refractivity contribution in [1.82, 2.24) is 25.1 Å². The Hall–Kier alpha value is -3.55. The first-order chi connectivity index (χ1) is 15.0. The van der Waals surface area contributed by atoms with Gasteiger partial charge in [0, 0.05) is 37.4 Å². The van der Waals surface area contributed by atoms with Crippen LogP contribution in [0.1, 0.15) is 35.7 Å². The van der Waals surface area contributed by atoms with Gasteiger partial charge < -0.3 is 9.32 Å². The van der Waals surface area contributed by atoms with Gasteiger partial charge in [-0.05, 0) is 41.1 Å². The topological polar surface area (TPSA) is 77.0 Å². The van der Waals surface area contributed by atoms with E-state index in [0.29, 0.717) is 18.8 Å². The summed E-state index contributed by atoms with van der Waals surface area (Å²) < 4.78 is 20.8. The summed E-state index contributed by atoms with van der Waals surface area (Å²) >= 11 is 0. The molecule has 0 radical (unpaired) electrons. The number of amides is 1. The van der Waals surface area contributed by atoms with Gasteiger partial charge >= 0.3 is 0 Å². The smallest absolute Gasteiger partial charge is 0.247 e. The van der Waals surface area contributed by atoms with Crippen LogP contribution >= 0.6 is 0 Å². The minimum Gasteiger partial charge on any atom is -0.461 e. The number of para-hydroxylation sites is 1. The van der Waals surface area contributed by atoms with E-state index in [-0.39, 0.29) is 11.7 Å². The molecule has 31 heavy (non-hydrogen) atoms. The molecule has 2 aromatic heterocycles. The van der Waals surface area contributed by atoms with Crippen LogP contribution in [0, 0.1) is 12.7 Å². The summed E-state index contributed by atoms with van der Waals surface area (Å²) in [6.07, 6.45) is 1.08. The standard InChI is InChI=1S/C23H24FN5O2/c1-4-21-19(18-7-5-6-8-22(18)31-21)14-28(3)23(30)20(29-15(2)25-26-27-29)13-16-9-11-17(24)12-10-16/h5-12,20H,4,13-14H2,1-3H3. The molecule has 0 bridgehead atoms. The molecule has 4 rings (SSSR count). The molecule has 8 heteroatoms. The average Bonchev–Trinajstić information content (AvgIpc) is 3.36. The lowest BCUT2D eigenvalue weighted by Crippen LogP contribution is -2.36. The van der Waals surface area contributed by atoms with Gasteiger partial charge in [-0.25, -0.2) is 9.07 Å². The average molecular weight is 421 g/mol. The van der Waals surface area contributed by atoms with Crippen molar-refractivity contribution in [1.29, 1.82) is 0 Å². The van der Waals surface area contributed by atoms with Gasteiger partial charge in [0.05, 0.1) is 0 Å². The van der Waals surface area contributed by atoms with E-state index in [0.717, 1.165) is 34.3 Å². The molecule has 1 amide bonds. The molecule has 0 aliphatic carbocycles. The van der Waals surface area contributed by atoms with E-state index in [2.05, 4.69) is 15.5 Å². The first-order valence-electron chi connectivity index (χ1n) is 10.2. The highest BCUT2D eigenvalue weighted by Gasteiger charge is 2.28. The number of benzene rings is 2. The molecule has 0 N–H and O–H groups in total. The summed E-state index contributed by atoms with van der Waals surface area (Å²) in [4.78, 5) is 15.2. The van der Waals surface area contributed by atoms with E-state index in [4.69, 9.17) is 4.42 Å². The second-order valence-corrected chi connectivity index (χ2v) is 7.56. The fraction of sp³-hybridized carbons (Fsp3) is 0.304. The van der Waals surface area contributed by atoms with Gasteiger partial charge in [0.2, 0.25) is 5.91 Å². The van der Waals surface area contributed by atoms with Crippen LogP contribution in [0.5, 0.6) is 0 Å². The molecule has 1 unspecified atom stereocenters. The van der Waals surface area contributed by atoms with Gasteiger partial charge in [0.25, 0.3) is 0 Å². The lowest BCUT2D eigenvalue weighted by Gasteiger charge is -2.24. The summed E-state index contributed by atoms with van der Waals surface area (Å²) in [7, 11) is 1.76. The van der Waals surface area contributed by atoms with Gasteiger partial charge in [0.1, 0.15) is 29.0 Å². The second kappa shape index (κ2) is 8.67. The van der Waals surface area contributed by atoms with Crippen LogP contribution in [-0.4, -0.2) is 38.1 Å². The molecule has 0 aliphatic rings. The van der Waals surface area contributed by atoms with Gasteiger partial charge in [-0.1, -0.05) is 37.3 Å². The highest BCUT2D eigenvalue weighted by Crippen LogP contribution is 2.28. The molecule has 160 valence electrons. The van der Waals surface area contributed by atoms with Crippen molar-refractivity contribution >= 4 is 16.9 Å². The van der Waals surface area contributed by atoms with Gasteiger partial charge in [-0.2, -0.15) is 0 Å². The third-order valence-corrected chi connectivity index (χ3v) is 5.45. The van der Waals surface area contributed by atoms with E-state index >= 15 is 0 Å². The maximum Gasteiger partial charge on any atom is 0.247 e. The third kappa shape index (κ3) is 4.19. The van der Waals surface area contributed by atoms with Gasteiger partial charge in [0.15, 0.2) is 0 Å². The summed E-state index contributed by atoms with van der Waals surface area (Å²) in [5.74, 6) is 0.958.